The van der Waals surface area contributed by atoms with Crippen LogP contribution in [0.5, 0.6) is 0 Å². The lowest BCUT2D eigenvalue weighted by molar-refractivity contribution is -0.118. The molecular weight excluding hydrogens is 274 g/mol. The van der Waals surface area contributed by atoms with Gasteiger partial charge in [-0.05, 0) is 31.4 Å². The summed E-state index contributed by atoms with van der Waals surface area (Å²) in [5.41, 5.74) is 11.6. The lowest BCUT2D eigenvalue weighted by atomic mass is 9.75. The Morgan fingerprint density at radius 1 is 1.30 bits per heavy atom. The van der Waals surface area contributed by atoms with Gasteiger partial charge in [0.2, 0.25) is 11.8 Å². The summed E-state index contributed by atoms with van der Waals surface area (Å²) in [5.74, 6) is -0.279. The van der Waals surface area contributed by atoms with E-state index in [4.69, 9.17) is 11.5 Å². The smallest absolute Gasteiger partial charge is 0.227 e. The maximum absolute atomic E-state index is 12.0. The zero-order chi connectivity index (χ0) is 14.6. The monoisotopic (exact) mass is 293 g/mol. The minimum atomic E-state index is -0.383. The fourth-order valence-electron chi connectivity index (χ4n) is 2.17. The highest BCUT2D eigenvalue weighted by molar-refractivity contribution is 8.00. The molecule has 0 aliphatic heterocycles. The van der Waals surface area contributed by atoms with Crippen LogP contribution >= 0.6 is 11.8 Å². The number of benzene rings is 1. The predicted molar refractivity (Wildman–Crippen MR) is 80.4 cm³/mol. The first-order chi connectivity index (χ1) is 9.48. The van der Waals surface area contributed by atoms with Gasteiger partial charge in [-0.15, -0.1) is 11.8 Å². The van der Waals surface area contributed by atoms with Gasteiger partial charge in [-0.1, -0.05) is 12.1 Å². The third kappa shape index (κ3) is 3.98. The average molecular weight is 293 g/mol. The summed E-state index contributed by atoms with van der Waals surface area (Å²) in [4.78, 5) is 23.7. The van der Waals surface area contributed by atoms with E-state index < -0.39 is 0 Å². The molecule has 108 valence electrons. The van der Waals surface area contributed by atoms with E-state index in [1.54, 1.807) is 0 Å². The van der Waals surface area contributed by atoms with Crippen LogP contribution in [0.3, 0.4) is 0 Å². The van der Waals surface area contributed by atoms with Crippen LogP contribution in [0.25, 0.3) is 0 Å². The minimum Gasteiger partial charge on any atom is -0.369 e. The number of thioether (sulfide) groups is 1. The van der Waals surface area contributed by atoms with Gasteiger partial charge in [0.1, 0.15) is 0 Å². The van der Waals surface area contributed by atoms with Crippen molar-refractivity contribution in [3.05, 3.63) is 24.3 Å². The molecule has 1 aromatic rings. The maximum Gasteiger partial charge on any atom is 0.227 e. The molecule has 2 amide bonds. The van der Waals surface area contributed by atoms with Crippen molar-refractivity contribution in [2.75, 3.05) is 11.1 Å². The van der Waals surface area contributed by atoms with E-state index in [1.807, 2.05) is 24.3 Å². The topological polar surface area (TPSA) is 98.2 Å². The first-order valence-corrected chi connectivity index (χ1v) is 7.56. The fraction of sp³-hybridized carbons (Fsp3) is 0.429. The molecule has 0 spiro atoms. The van der Waals surface area contributed by atoms with E-state index >= 15 is 0 Å². The van der Waals surface area contributed by atoms with Crippen LogP contribution in [0.15, 0.2) is 29.2 Å². The molecule has 1 aliphatic carbocycles. The van der Waals surface area contributed by atoms with Crippen LogP contribution in [0.2, 0.25) is 0 Å². The highest BCUT2D eigenvalue weighted by Gasteiger charge is 2.34. The second-order valence-corrected chi connectivity index (χ2v) is 6.21. The average Bonchev–Trinajstić information content (AvgIpc) is 2.35. The van der Waals surface area contributed by atoms with Crippen molar-refractivity contribution in [2.24, 2.45) is 11.5 Å². The van der Waals surface area contributed by atoms with E-state index in [2.05, 4.69) is 5.32 Å². The zero-order valence-electron chi connectivity index (χ0n) is 11.2. The minimum absolute atomic E-state index is 0.0840. The van der Waals surface area contributed by atoms with Gasteiger partial charge in [-0.3, -0.25) is 9.59 Å². The number of carbonyl (C=O) groups is 2. The number of nitrogens with two attached hydrogens (primary N) is 2. The summed E-state index contributed by atoms with van der Waals surface area (Å²) >= 11 is 1.31. The maximum atomic E-state index is 12.0. The molecule has 6 heteroatoms. The molecule has 2 rings (SSSR count). The van der Waals surface area contributed by atoms with Crippen molar-refractivity contribution < 1.29 is 9.59 Å². The summed E-state index contributed by atoms with van der Waals surface area (Å²) < 4.78 is 0. The lowest BCUT2D eigenvalue weighted by Gasteiger charge is -2.37. The van der Waals surface area contributed by atoms with Crippen molar-refractivity contribution in [3.63, 3.8) is 0 Å². The molecule has 0 aromatic heterocycles. The van der Waals surface area contributed by atoms with Crippen LogP contribution in [0.1, 0.15) is 25.7 Å². The Kier molecular flexibility index (Phi) is 4.67. The van der Waals surface area contributed by atoms with Gasteiger partial charge in [0.05, 0.1) is 11.4 Å². The normalized spacial score (nSPS) is 16.2. The Labute approximate surface area is 122 Å². The lowest BCUT2D eigenvalue weighted by Crippen LogP contribution is -2.48. The van der Waals surface area contributed by atoms with Crippen LogP contribution in [-0.2, 0) is 9.59 Å². The third-order valence-corrected chi connectivity index (χ3v) is 4.49. The Balaban J connectivity index is 1.97. The van der Waals surface area contributed by atoms with E-state index in [0.29, 0.717) is 12.1 Å². The molecule has 1 aliphatic rings. The molecular formula is C14H19N3O2S. The molecule has 1 fully saturated rings. The Hall–Kier alpha value is -1.53. The van der Waals surface area contributed by atoms with Gasteiger partial charge in [-0.2, -0.15) is 0 Å². The molecule has 0 heterocycles. The molecule has 0 unspecified atom stereocenters. The number of hydrogen-bond acceptors (Lipinski definition) is 4. The van der Waals surface area contributed by atoms with Crippen LogP contribution in [-0.4, -0.2) is 23.1 Å². The standard InChI is InChI=1S/C14H19N3O2S/c15-12(18)9-20-11-5-2-1-4-10(11)17-13(19)8-14(16)6-3-7-14/h1-2,4-5H,3,6-9,16H2,(H2,15,18)(H,17,19). The zero-order valence-corrected chi connectivity index (χ0v) is 12.0. The number of nitrogens with one attached hydrogen (secondary N) is 1. The highest BCUT2D eigenvalue weighted by atomic mass is 32.2. The fourth-order valence-corrected chi connectivity index (χ4v) is 2.91. The molecule has 0 bridgehead atoms. The molecule has 20 heavy (non-hydrogen) atoms. The number of hydrogen-bond donors (Lipinski definition) is 3. The van der Waals surface area contributed by atoms with Crippen molar-refractivity contribution >= 4 is 29.3 Å². The van der Waals surface area contributed by atoms with Gasteiger partial charge < -0.3 is 16.8 Å². The summed E-state index contributed by atoms with van der Waals surface area (Å²) in [6.45, 7) is 0. The van der Waals surface area contributed by atoms with Crippen LogP contribution in [0, 0.1) is 0 Å². The molecule has 1 aromatic carbocycles. The summed E-state index contributed by atoms with van der Waals surface area (Å²) in [6, 6.07) is 7.36. The SMILES string of the molecule is NC(=O)CSc1ccccc1NC(=O)CC1(N)CCC1. The first kappa shape index (κ1) is 14.9. The molecule has 1 saturated carbocycles. The van der Waals surface area contributed by atoms with Gasteiger partial charge in [0, 0.05) is 16.9 Å². The number of anilines is 1. The highest BCUT2D eigenvalue weighted by Crippen LogP contribution is 2.33. The number of primary amides is 1. The second-order valence-electron chi connectivity index (χ2n) is 5.19. The number of amides is 2. The van der Waals surface area contributed by atoms with E-state index in [1.165, 1.54) is 11.8 Å². The molecule has 0 saturated heterocycles. The van der Waals surface area contributed by atoms with E-state index in [0.717, 1.165) is 24.2 Å². The Morgan fingerprint density at radius 3 is 2.60 bits per heavy atom. The van der Waals surface area contributed by atoms with E-state index in [9.17, 15) is 9.59 Å². The summed E-state index contributed by atoms with van der Waals surface area (Å²) in [5, 5.41) is 2.87. The quantitative estimate of drug-likeness (QED) is 0.692. The summed E-state index contributed by atoms with van der Waals surface area (Å²) in [7, 11) is 0. The van der Waals surface area contributed by atoms with Crippen molar-refractivity contribution in [1.82, 2.24) is 0 Å². The number of carbonyl (C=O) groups excluding carboxylic acids is 2. The number of rotatable bonds is 6. The Morgan fingerprint density at radius 2 is 2.00 bits per heavy atom. The van der Waals surface area contributed by atoms with Crippen LogP contribution < -0.4 is 16.8 Å². The summed E-state index contributed by atoms with van der Waals surface area (Å²) in [6.07, 6.45) is 3.23. The van der Waals surface area contributed by atoms with Gasteiger partial charge in [0.25, 0.3) is 0 Å². The molecule has 0 radical (unpaired) electrons. The second kappa shape index (κ2) is 6.28. The van der Waals surface area contributed by atoms with Crippen molar-refractivity contribution in [2.45, 2.75) is 36.1 Å². The molecule has 0 atom stereocenters. The number of para-hydroxylation sites is 1. The van der Waals surface area contributed by atoms with Crippen molar-refractivity contribution in [1.29, 1.82) is 0 Å². The van der Waals surface area contributed by atoms with E-state index in [-0.39, 0.29) is 23.1 Å². The predicted octanol–water partition coefficient (Wildman–Crippen LogP) is 1.47. The molecule has 5 N–H and O–H groups in total. The third-order valence-electron chi connectivity index (χ3n) is 3.39. The van der Waals surface area contributed by atoms with Crippen molar-refractivity contribution in [3.8, 4) is 0 Å². The largest absolute Gasteiger partial charge is 0.369 e. The molecule has 5 nitrogen and oxygen atoms in total. The van der Waals surface area contributed by atoms with Gasteiger partial charge in [-0.25, -0.2) is 0 Å². The van der Waals surface area contributed by atoms with Gasteiger partial charge in [0.15, 0.2) is 0 Å². The Bertz CT molecular complexity index is 515. The first-order valence-electron chi connectivity index (χ1n) is 6.57. The van der Waals surface area contributed by atoms with Crippen LogP contribution in [0.4, 0.5) is 5.69 Å². The van der Waals surface area contributed by atoms with Gasteiger partial charge >= 0.3 is 0 Å².